The lowest BCUT2D eigenvalue weighted by molar-refractivity contribution is -0.323. The van der Waals surface area contributed by atoms with E-state index in [0.29, 0.717) is 26.4 Å². The van der Waals surface area contributed by atoms with Crippen LogP contribution < -0.4 is 0 Å². The van der Waals surface area contributed by atoms with Crippen LogP contribution in [0.25, 0.3) is 0 Å². The predicted molar refractivity (Wildman–Crippen MR) is 117 cm³/mol. The molecule has 0 aliphatic carbocycles. The van der Waals surface area contributed by atoms with Crippen molar-refractivity contribution < 1.29 is 33.9 Å². The van der Waals surface area contributed by atoms with Crippen LogP contribution in [0.15, 0.2) is 0 Å². The molecule has 6 atom stereocenters. The normalized spacial score (nSPS) is 28.0. The smallest absolute Gasteiger partial charge is 0.184 e. The van der Waals surface area contributed by atoms with Crippen molar-refractivity contribution in [2.24, 2.45) is 0 Å². The number of hydrogen-bond acceptors (Lipinski definition) is 7. The van der Waals surface area contributed by atoms with Gasteiger partial charge in [0, 0.05) is 26.4 Å². The second-order valence-electron chi connectivity index (χ2n) is 8.00. The van der Waals surface area contributed by atoms with Gasteiger partial charge in [-0.25, -0.2) is 0 Å². The fraction of sp³-hybridized carbons (Fsp3) is 1.00. The van der Waals surface area contributed by atoms with Crippen LogP contribution in [0.3, 0.4) is 0 Å². The first kappa shape index (κ1) is 27.8. The zero-order valence-electron chi connectivity index (χ0n) is 19.6. The molecular weight excluding hydrogens is 388 g/mol. The van der Waals surface area contributed by atoms with Gasteiger partial charge in [-0.3, -0.25) is 0 Å². The van der Waals surface area contributed by atoms with Crippen molar-refractivity contribution in [3.05, 3.63) is 0 Å². The molecule has 1 aliphatic rings. The van der Waals surface area contributed by atoms with Crippen molar-refractivity contribution in [3.8, 4) is 0 Å². The molecule has 1 rings (SSSR count). The van der Waals surface area contributed by atoms with Crippen LogP contribution >= 0.6 is 0 Å². The lowest BCUT2D eigenvalue weighted by Crippen LogP contribution is -2.64. The molecule has 1 heterocycles. The third-order valence-corrected chi connectivity index (χ3v) is 5.35. The Labute approximate surface area is 183 Å². The van der Waals surface area contributed by atoms with Crippen LogP contribution in [-0.4, -0.2) is 80.1 Å². The maximum atomic E-state index is 10.8. The monoisotopic (exact) mass is 434 g/mol. The Bertz CT molecular complexity index is 396. The molecule has 0 spiro atoms. The highest BCUT2D eigenvalue weighted by molar-refractivity contribution is 4.95. The highest BCUT2D eigenvalue weighted by Crippen LogP contribution is 2.30. The van der Waals surface area contributed by atoms with E-state index in [-0.39, 0.29) is 6.61 Å². The maximum Gasteiger partial charge on any atom is 0.184 e. The number of unbranched alkanes of at least 4 members (excludes halogenated alkanes) is 4. The molecule has 0 amide bonds. The van der Waals surface area contributed by atoms with Crippen LogP contribution in [0.5, 0.6) is 0 Å². The Balaban J connectivity index is 3.03. The minimum absolute atomic E-state index is 0.211. The molecule has 30 heavy (non-hydrogen) atoms. The van der Waals surface area contributed by atoms with Gasteiger partial charge in [-0.2, -0.15) is 0 Å². The summed E-state index contributed by atoms with van der Waals surface area (Å²) >= 11 is 0. The number of ether oxygens (including phenoxy) is 5. The topological polar surface area (TPSA) is 86.6 Å². The average molecular weight is 435 g/mol. The van der Waals surface area contributed by atoms with Gasteiger partial charge in [0.15, 0.2) is 6.29 Å². The van der Waals surface area contributed by atoms with Gasteiger partial charge < -0.3 is 33.9 Å². The third-order valence-electron chi connectivity index (χ3n) is 5.35. The second-order valence-corrected chi connectivity index (χ2v) is 8.00. The van der Waals surface area contributed by atoms with E-state index in [2.05, 4.69) is 27.7 Å². The zero-order valence-corrected chi connectivity index (χ0v) is 19.6. The molecule has 7 nitrogen and oxygen atoms in total. The standard InChI is InChI=1S/C23H46O7/c1-5-9-13-26-18(17-24)19-20(27-14-10-6-2)21(28-15-11-7-3)22(23(25)30-19)29-16-12-8-4/h18-25H,5-17H2,1-4H3/t18-,19?,20-,21?,22+,23+/m1/s1. The van der Waals surface area contributed by atoms with Crippen molar-refractivity contribution in [1.82, 2.24) is 0 Å². The van der Waals surface area contributed by atoms with Crippen molar-refractivity contribution >= 4 is 0 Å². The summed E-state index contributed by atoms with van der Waals surface area (Å²) in [4.78, 5) is 0. The molecule has 0 aromatic heterocycles. The van der Waals surface area contributed by atoms with Crippen molar-refractivity contribution in [3.63, 3.8) is 0 Å². The number of rotatable bonds is 18. The first-order valence-corrected chi connectivity index (χ1v) is 12.0. The molecule has 2 N–H and O–H groups in total. The SMILES string of the molecule is CCCCOC1[C@H](OCCCC)C([C@@H](CO)OCCCC)O[C@H](O)[C@H]1OCCCC. The van der Waals surface area contributed by atoms with E-state index in [9.17, 15) is 10.2 Å². The van der Waals surface area contributed by atoms with Crippen molar-refractivity contribution in [1.29, 1.82) is 0 Å². The van der Waals surface area contributed by atoms with Crippen LogP contribution in [0.2, 0.25) is 0 Å². The van der Waals surface area contributed by atoms with Crippen LogP contribution in [0.4, 0.5) is 0 Å². The zero-order chi connectivity index (χ0) is 22.2. The average Bonchev–Trinajstić information content (AvgIpc) is 2.74. The largest absolute Gasteiger partial charge is 0.394 e. The van der Waals surface area contributed by atoms with Crippen LogP contribution in [-0.2, 0) is 23.7 Å². The fourth-order valence-corrected chi connectivity index (χ4v) is 3.43. The summed E-state index contributed by atoms with van der Waals surface area (Å²) in [6.07, 6.45) is 3.66. The third kappa shape index (κ3) is 9.47. The molecule has 1 aliphatic heterocycles. The molecule has 7 heteroatoms. The van der Waals surface area contributed by atoms with E-state index < -0.39 is 36.8 Å². The summed E-state index contributed by atoms with van der Waals surface area (Å²) in [7, 11) is 0. The lowest BCUT2D eigenvalue weighted by Gasteiger charge is -2.46. The predicted octanol–water partition coefficient (Wildman–Crippen LogP) is 3.44. The lowest BCUT2D eigenvalue weighted by atomic mass is 9.94. The number of aliphatic hydroxyl groups excluding tert-OH is 2. The van der Waals surface area contributed by atoms with E-state index in [4.69, 9.17) is 23.7 Å². The second kappa shape index (κ2) is 17.3. The van der Waals surface area contributed by atoms with Gasteiger partial charge >= 0.3 is 0 Å². The minimum atomic E-state index is -1.16. The first-order valence-electron chi connectivity index (χ1n) is 12.0. The van der Waals surface area contributed by atoms with Gasteiger partial charge in [-0.05, 0) is 25.7 Å². The Kier molecular flexibility index (Phi) is 16.0. The molecule has 0 bridgehead atoms. The molecule has 1 fully saturated rings. The van der Waals surface area contributed by atoms with E-state index in [1.165, 1.54) is 0 Å². The van der Waals surface area contributed by atoms with E-state index in [1.54, 1.807) is 0 Å². The Morgan fingerprint density at radius 3 is 1.67 bits per heavy atom. The van der Waals surface area contributed by atoms with Gasteiger partial charge in [-0.15, -0.1) is 0 Å². The Morgan fingerprint density at radius 2 is 1.17 bits per heavy atom. The maximum absolute atomic E-state index is 10.8. The van der Waals surface area contributed by atoms with Gasteiger partial charge in [0.2, 0.25) is 0 Å². The van der Waals surface area contributed by atoms with Crippen molar-refractivity contribution in [2.45, 2.75) is 116 Å². The van der Waals surface area contributed by atoms with Crippen LogP contribution in [0.1, 0.15) is 79.1 Å². The van der Waals surface area contributed by atoms with Gasteiger partial charge in [0.1, 0.15) is 30.5 Å². The minimum Gasteiger partial charge on any atom is -0.394 e. The summed E-state index contributed by atoms with van der Waals surface area (Å²) in [5.74, 6) is 0. The van der Waals surface area contributed by atoms with E-state index in [0.717, 1.165) is 51.4 Å². The van der Waals surface area contributed by atoms with Crippen molar-refractivity contribution in [2.75, 3.05) is 33.0 Å². The molecule has 0 aromatic carbocycles. The molecule has 0 saturated carbocycles. The summed E-state index contributed by atoms with van der Waals surface area (Å²) in [6, 6.07) is 0. The summed E-state index contributed by atoms with van der Waals surface area (Å²) in [5.41, 5.74) is 0. The molecule has 1 saturated heterocycles. The number of hydrogen-bond donors (Lipinski definition) is 2. The molecular formula is C23H46O7. The Morgan fingerprint density at radius 1 is 0.700 bits per heavy atom. The summed E-state index contributed by atoms with van der Waals surface area (Å²) < 4.78 is 30.3. The van der Waals surface area contributed by atoms with Gasteiger partial charge in [0.25, 0.3) is 0 Å². The Hall–Kier alpha value is -0.280. The first-order chi connectivity index (χ1) is 14.6. The summed E-state index contributed by atoms with van der Waals surface area (Å²) in [6.45, 7) is 10.4. The number of aliphatic hydroxyl groups is 2. The van der Waals surface area contributed by atoms with E-state index in [1.807, 2.05) is 0 Å². The highest BCUT2D eigenvalue weighted by atomic mass is 16.7. The molecule has 0 radical (unpaired) electrons. The summed E-state index contributed by atoms with van der Waals surface area (Å²) in [5, 5.41) is 20.7. The van der Waals surface area contributed by atoms with E-state index >= 15 is 0 Å². The molecule has 180 valence electrons. The van der Waals surface area contributed by atoms with Crippen LogP contribution in [0, 0.1) is 0 Å². The molecule has 0 aromatic rings. The quantitative estimate of drug-likeness (QED) is 0.320. The molecule has 2 unspecified atom stereocenters. The van der Waals surface area contributed by atoms with Gasteiger partial charge in [-0.1, -0.05) is 53.4 Å². The fourth-order valence-electron chi connectivity index (χ4n) is 3.43. The van der Waals surface area contributed by atoms with Gasteiger partial charge in [0.05, 0.1) is 6.61 Å². The highest BCUT2D eigenvalue weighted by Gasteiger charge is 2.50.